The Morgan fingerprint density at radius 1 is 1.12 bits per heavy atom. The molecule has 0 bridgehead atoms. The molecule has 0 aliphatic heterocycles. The minimum atomic E-state index is -0.357. The molecule has 1 fully saturated rings. The maximum atomic E-state index is 13.3. The van der Waals surface area contributed by atoms with Gasteiger partial charge in [0.15, 0.2) is 0 Å². The largest absolute Gasteiger partial charge is 0.349 e. The molecular formula is C18H14FN3O2. The molecule has 0 unspecified atom stereocenters. The standard InChI is InChI=1S/C18H14FN3O2/c19-14-3-1-2-13(10-14)16-21-18(24-22-16)12-6-4-11(5-7-12)17(23)20-15-8-9-15/h1-7,10,15H,8-9H2,(H,20,23). The van der Waals surface area contributed by atoms with Crippen LogP contribution < -0.4 is 5.32 Å². The minimum absolute atomic E-state index is 0.0740. The molecule has 0 radical (unpaired) electrons. The second-order valence-corrected chi connectivity index (χ2v) is 5.76. The highest BCUT2D eigenvalue weighted by Crippen LogP contribution is 2.23. The zero-order valence-electron chi connectivity index (χ0n) is 12.7. The van der Waals surface area contributed by atoms with Crippen LogP contribution >= 0.6 is 0 Å². The van der Waals surface area contributed by atoms with Gasteiger partial charge in [0.25, 0.3) is 11.8 Å². The third kappa shape index (κ3) is 3.03. The fraction of sp³-hybridized carbons (Fsp3) is 0.167. The molecule has 0 saturated heterocycles. The quantitative estimate of drug-likeness (QED) is 0.798. The van der Waals surface area contributed by atoms with Crippen LogP contribution in [0.15, 0.2) is 53.1 Å². The third-order valence-corrected chi connectivity index (χ3v) is 3.82. The van der Waals surface area contributed by atoms with Gasteiger partial charge in [0.2, 0.25) is 5.82 Å². The van der Waals surface area contributed by atoms with Gasteiger partial charge in [-0.05, 0) is 49.2 Å². The van der Waals surface area contributed by atoms with E-state index >= 15 is 0 Å². The van der Waals surface area contributed by atoms with Gasteiger partial charge in [-0.3, -0.25) is 4.79 Å². The number of nitrogens with one attached hydrogen (secondary N) is 1. The first kappa shape index (κ1) is 14.6. The lowest BCUT2D eigenvalue weighted by Gasteiger charge is -2.03. The Labute approximate surface area is 137 Å². The predicted molar refractivity (Wildman–Crippen MR) is 85.6 cm³/mol. The summed E-state index contributed by atoms with van der Waals surface area (Å²) in [6.45, 7) is 0. The highest BCUT2D eigenvalue weighted by Gasteiger charge is 2.23. The Hall–Kier alpha value is -3.02. The Morgan fingerprint density at radius 2 is 1.92 bits per heavy atom. The summed E-state index contributed by atoms with van der Waals surface area (Å²) in [5, 5.41) is 6.81. The van der Waals surface area contributed by atoms with Crippen LogP contribution in [0.3, 0.4) is 0 Å². The van der Waals surface area contributed by atoms with Gasteiger partial charge in [0.1, 0.15) is 5.82 Å². The van der Waals surface area contributed by atoms with Crippen molar-refractivity contribution < 1.29 is 13.7 Å². The average Bonchev–Trinajstić information content (AvgIpc) is 3.27. The van der Waals surface area contributed by atoms with E-state index in [1.165, 1.54) is 12.1 Å². The number of nitrogens with zero attached hydrogens (tertiary/aromatic N) is 2. The third-order valence-electron chi connectivity index (χ3n) is 3.82. The fourth-order valence-electron chi connectivity index (χ4n) is 2.35. The zero-order valence-corrected chi connectivity index (χ0v) is 12.7. The molecule has 6 heteroatoms. The molecule has 1 N–H and O–H groups in total. The van der Waals surface area contributed by atoms with E-state index in [-0.39, 0.29) is 11.7 Å². The maximum absolute atomic E-state index is 13.3. The van der Waals surface area contributed by atoms with Crippen LogP contribution in [0.1, 0.15) is 23.2 Å². The summed E-state index contributed by atoms with van der Waals surface area (Å²) in [5.41, 5.74) is 1.84. The van der Waals surface area contributed by atoms with Gasteiger partial charge in [-0.1, -0.05) is 17.3 Å². The van der Waals surface area contributed by atoms with Gasteiger partial charge in [-0.15, -0.1) is 0 Å². The highest BCUT2D eigenvalue weighted by atomic mass is 19.1. The van der Waals surface area contributed by atoms with Crippen molar-refractivity contribution in [3.8, 4) is 22.8 Å². The van der Waals surface area contributed by atoms with Gasteiger partial charge in [-0.25, -0.2) is 4.39 Å². The predicted octanol–water partition coefficient (Wildman–Crippen LogP) is 3.43. The molecular weight excluding hydrogens is 309 g/mol. The van der Waals surface area contributed by atoms with E-state index in [0.29, 0.717) is 34.4 Å². The molecule has 120 valence electrons. The van der Waals surface area contributed by atoms with Crippen molar-refractivity contribution >= 4 is 5.91 Å². The maximum Gasteiger partial charge on any atom is 0.258 e. The van der Waals surface area contributed by atoms with Crippen LogP contribution in [0.25, 0.3) is 22.8 Å². The summed E-state index contributed by atoms with van der Waals surface area (Å²) in [5.74, 6) is 0.211. The number of aromatic nitrogens is 2. The van der Waals surface area contributed by atoms with E-state index < -0.39 is 0 Å². The number of hydrogen-bond donors (Lipinski definition) is 1. The second kappa shape index (κ2) is 5.88. The van der Waals surface area contributed by atoms with Crippen molar-refractivity contribution in [2.45, 2.75) is 18.9 Å². The first-order chi connectivity index (χ1) is 11.7. The van der Waals surface area contributed by atoms with Crippen LogP contribution in [0.5, 0.6) is 0 Å². The lowest BCUT2D eigenvalue weighted by Crippen LogP contribution is -2.25. The molecule has 1 saturated carbocycles. The molecule has 1 aliphatic carbocycles. The highest BCUT2D eigenvalue weighted by molar-refractivity contribution is 5.94. The summed E-state index contributed by atoms with van der Waals surface area (Å²) in [6, 6.07) is 13.3. The van der Waals surface area contributed by atoms with E-state index in [4.69, 9.17) is 4.52 Å². The SMILES string of the molecule is O=C(NC1CC1)c1ccc(-c2nc(-c3cccc(F)c3)no2)cc1. The lowest BCUT2D eigenvalue weighted by molar-refractivity contribution is 0.0951. The molecule has 1 heterocycles. The first-order valence-corrected chi connectivity index (χ1v) is 7.70. The Balaban J connectivity index is 1.54. The van der Waals surface area contributed by atoms with E-state index in [1.54, 1.807) is 36.4 Å². The van der Waals surface area contributed by atoms with Crippen LogP contribution in [-0.2, 0) is 0 Å². The van der Waals surface area contributed by atoms with Crippen molar-refractivity contribution in [1.29, 1.82) is 0 Å². The van der Waals surface area contributed by atoms with E-state index in [9.17, 15) is 9.18 Å². The molecule has 1 amide bonds. The molecule has 1 aliphatic rings. The van der Waals surface area contributed by atoms with E-state index in [0.717, 1.165) is 12.8 Å². The van der Waals surface area contributed by atoms with Crippen molar-refractivity contribution in [3.05, 3.63) is 59.9 Å². The molecule has 24 heavy (non-hydrogen) atoms. The van der Waals surface area contributed by atoms with Crippen LogP contribution in [0.4, 0.5) is 4.39 Å². The molecule has 0 atom stereocenters. The number of carbonyl (C=O) groups excluding carboxylic acids is 1. The number of carbonyl (C=O) groups is 1. The summed E-state index contributed by atoms with van der Waals surface area (Å²) in [4.78, 5) is 16.2. The smallest absolute Gasteiger partial charge is 0.258 e. The molecule has 2 aromatic carbocycles. The number of halogens is 1. The Morgan fingerprint density at radius 3 is 2.62 bits per heavy atom. The van der Waals surface area contributed by atoms with Crippen LogP contribution in [0.2, 0.25) is 0 Å². The van der Waals surface area contributed by atoms with Crippen molar-refractivity contribution in [3.63, 3.8) is 0 Å². The Kier molecular flexibility index (Phi) is 3.57. The molecule has 5 nitrogen and oxygen atoms in total. The zero-order chi connectivity index (χ0) is 16.5. The average molecular weight is 323 g/mol. The lowest BCUT2D eigenvalue weighted by atomic mass is 10.1. The molecule has 0 spiro atoms. The van der Waals surface area contributed by atoms with Crippen molar-refractivity contribution in [2.75, 3.05) is 0 Å². The summed E-state index contributed by atoms with van der Waals surface area (Å²) in [6.07, 6.45) is 2.10. The molecule has 3 aromatic rings. The monoisotopic (exact) mass is 323 g/mol. The van der Waals surface area contributed by atoms with Gasteiger partial charge in [-0.2, -0.15) is 4.98 Å². The summed E-state index contributed by atoms with van der Waals surface area (Å²) >= 11 is 0. The normalized spacial score (nSPS) is 13.7. The van der Waals surface area contributed by atoms with Gasteiger partial charge >= 0.3 is 0 Å². The molecule has 4 rings (SSSR count). The topological polar surface area (TPSA) is 68.0 Å². The number of benzene rings is 2. The minimum Gasteiger partial charge on any atom is -0.349 e. The van der Waals surface area contributed by atoms with E-state index in [1.807, 2.05) is 0 Å². The van der Waals surface area contributed by atoms with Crippen LogP contribution in [-0.4, -0.2) is 22.1 Å². The van der Waals surface area contributed by atoms with Crippen molar-refractivity contribution in [2.24, 2.45) is 0 Å². The van der Waals surface area contributed by atoms with Crippen LogP contribution in [0, 0.1) is 5.82 Å². The number of amides is 1. The number of rotatable bonds is 4. The van der Waals surface area contributed by atoms with Crippen molar-refractivity contribution in [1.82, 2.24) is 15.5 Å². The summed E-state index contributed by atoms with van der Waals surface area (Å²) < 4.78 is 18.5. The van der Waals surface area contributed by atoms with Gasteiger partial charge < -0.3 is 9.84 Å². The second-order valence-electron chi connectivity index (χ2n) is 5.76. The fourth-order valence-corrected chi connectivity index (χ4v) is 2.35. The van der Waals surface area contributed by atoms with E-state index in [2.05, 4.69) is 15.5 Å². The van der Waals surface area contributed by atoms with Gasteiger partial charge in [0, 0.05) is 22.7 Å². The first-order valence-electron chi connectivity index (χ1n) is 7.70. The molecule has 1 aromatic heterocycles. The Bertz CT molecular complexity index is 885. The summed E-state index contributed by atoms with van der Waals surface area (Å²) in [7, 11) is 0. The number of hydrogen-bond acceptors (Lipinski definition) is 4. The van der Waals surface area contributed by atoms with Gasteiger partial charge in [0.05, 0.1) is 0 Å².